The van der Waals surface area contributed by atoms with Gasteiger partial charge in [0.15, 0.2) is 5.96 Å². The minimum absolute atomic E-state index is 0. The molecule has 1 aromatic heterocycles. The molecule has 4 N–H and O–H groups in total. The Morgan fingerprint density at radius 2 is 2.19 bits per heavy atom. The van der Waals surface area contributed by atoms with Gasteiger partial charge in [0.1, 0.15) is 0 Å². The van der Waals surface area contributed by atoms with Crippen molar-refractivity contribution in [1.29, 1.82) is 0 Å². The van der Waals surface area contributed by atoms with Crippen LogP contribution < -0.4 is 11.1 Å². The van der Waals surface area contributed by atoms with Crippen molar-refractivity contribution in [2.45, 2.75) is 26.7 Å². The van der Waals surface area contributed by atoms with Crippen molar-refractivity contribution in [2.24, 2.45) is 22.6 Å². The number of aromatic nitrogens is 1. The summed E-state index contributed by atoms with van der Waals surface area (Å²) in [5, 5.41) is 12.5. The number of guanidine groups is 1. The van der Waals surface area contributed by atoms with Crippen LogP contribution >= 0.6 is 24.0 Å². The van der Waals surface area contributed by atoms with Crippen LogP contribution in [0.2, 0.25) is 0 Å². The van der Waals surface area contributed by atoms with E-state index in [0.717, 1.165) is 18.7 Å². The second-order valence-electron chi connectivity index (χ2n) is 5.41. The molecule has 0 aromatic carbocycles. The summed E-state index contributed by atoms with van der Waals surface area (Å²) in [7, 11) is 0. The van der Waals surface area contributed by atoms with E-state index in [0.29, 0.717) is 24.8 Å². The number of hydrogen-bond acceptors (Lipinski definition) is 3. The Balaban J connectivity index is 0.00000400. The van der Waals surface area contributed by atoms with Gasteiger partial charge in [-0.1, -0.05) is 19.9 Å². The summed E-state index contributed by atoms with van der Waals surface area (Å²) in [6, 6.07) is 5.78. The molecule has 6 heteroatoms. The first-order valence-corrected chi connectivity index (χ1v) is 7.16. The van der Waals surface area contributed by atoms with Crippen molar-refractivity contribution in [2.75, 3.05) is 19.7 Å². The number of aliphatic hydroxyl groups excluding tert-OH is 1. The predicted molar refractivity (Wildman–Crippen MR) is 97.9 cm³/mol. The molecule has 0 aliphatic carbocycles. The summed E-state index contributed by atoms with van der Waals surface area (Å²) in [5.74, 6) is 1.14. The number of nitrogens with one attached hydrogen (secondary N) is 1. The number of hydrogen-bond donors (Lipinski definition) is 3. The molecule has 1 aromatic rings. The van der Waals surface area contributed by atoms with Crippen LogP contribution in [0, 0.1) is 11.8 Å². The monoisotopic (exact) mass is 406 g/mol. The maximum absolute atomic E-state index is 9.39. The van der Waals surface area contributed by atoms with E-state index in [-0.39, 0.29) is 36.5 Å². The molecule has 21 heavy (non-hydrogen) atoms. The predicted octanol–water partition coefficient (Wildman–Crippen LogP) is 1.80. The number of nitrogens with zero attached hydrogens (tertiary/aromatic N) is 2. The zero-order valence-electron chi connectivity index (χ0n) is 12.8. The van der Waals surface area contributed by atoms with Crippen molar-refractivity contribution in [1.82, 2.24) is 10.3 Å². The van der Waals surface area contributed by atoms with E-state index >= 15 is 0 Å². The van der Waals surface area contributed by atoms with Crippen molar-refractivity contribution < 1.29 is 5.11 Å². The largest absolute Gasteiger partial charge is 0.396 e. The normalized spacial score (nSPS) is 12.9. The zero-order chi connectivity index (χ0) is 14.8. The topological polar surface area (TPSA) is 83.5 Å². The fraction of sp³-hybridized carbons (Fsp3) is 0.600. The third-order valence-corrected chi connectivity index (χ3v) is 3.03. The highest BCUT2D eigenvalue weighted by Crippen LogP contribution is 2.06. The van der Waals surface area contributed by atoms with Gasteiger partial charge in [0.25, 0.3) is 0 Å². The summed E-state index contributed by atoms with van der Waals surface area (Å²) in [6.07, 6.45) is 3.53. The highest BCUT2D eigenvalue weighted by molar-refractivity contribution is 14.0. The summed E-state index contributed by atoms with van der Waals surface area (Å²) in [5.41, 5.74) is 6.76. The van der Waals surface area contributed by atoms with Gasteiger partial charge in [0, 0.05) is 37.5 Å². The van der Waals surface area contributed by atoms with Gasteiger partial charge in [-0.05, 0) is 30.9 Å². The molecule has 0 saturated heterocycles. The van der Waals surface area contributed by atoms with Crippen LogP contribution in [0.25, 0.3) is 0 Å². The van der Waals surface area contributed by atoms with Crippen LogP contribution in [0.3, 0.4) is 0 Å². The highest BCUT2D eigenvalue weighted by atomic mass is 127. The lowest BCUT2D eigenvalue weighted by molar-refractivity contribution is 0.229. The van der Waals surface area contributed by atoms with Gasteiger partial charge in [-0.2, -0.15) is 0 Å². The van der Waals surface area contributed by atoms with E-state index in [9.17, 15) is 5.11 Å². The second kappa shape index (κ2) is 11.7. The minimum atomic E-state index is 0. The van der Waals surface area contributed by atoms with E-state index in [1.54, 1.807) is 6.20 Å². The molecule has 1 atom stereocenters. The smallest absolute Gasteiger partial charge is 0.188 e. The molecule has 0 saturated carbocycles. The Bertz CT molecular complexity index is 398. The Labute approximate surface area is 144 Å². The molecule has 1 heterocycles. The van der Waals surface area contributed by atoms with Crippen molar-refractivity contribution in [3.63, 3.8) is 0 Å². The van der Waals surface area contributed by atoms with Gasteiger partial charge in [-0.25, -0.2) is 0 Å². The average molecular weight is 406 g/mol. The standard InChI is InChI=1S/C15H26N4O.HI/c1-12(2)6-8-18-15(16)19-10-13(11-20)9-14-5-3-4-7-17-14;/h3-5,7,12-13,20H,6,8-11H2,1-2H3,(H3,16,18,19);1H. The number of pyridine rings is 1. The second-order valence-corrected chi connectivity index (χ2v) is 5.41. The van der Waals surface area contributed by atoms with E-state index in [1.165, 1.54) is 0 Å². The summed E-state index contributed by atoms with van der Waals surface area (Å²) < 4.78 is 0. The van der Waals surface area contributed by atoms with Gasteiger partial charge in [-0.15, -0.1) is 24.0 Å². The van der Waals surface area contributed by atoms with E-state index < -0.39 is 0 Å². The SMILES string of the molecule is CC(C)CCNC(N)=NCC(CO)Cc1ccccn1.I. The number of aliphatic imine (C=N–C) groups is 1. The molecule has 1 rings (SSSR count). The maximum atomic E-state index is 9.39. The molecule has 0 bridgehead atoms. The van der Waals surface area contributed by atoms with Gasteiger partial charge < -0.3 is 16.2 Å². The average Bonchev–Trinajstić information content (AvgIpc) is 2.44. The van der Waals surface area contributed by atoms with Gasteiger partial charge >= 0.3 is 0 Å². The molecule has 0 amide bonds. The van der Waals surface area contributed by atoms with Crippen molar-refractivity contribution in [3.05, 3.63) is 30.1 Å². The Kier molecular flexibility index (Phi) is 11.2. The summed E-state index contributed by atoms with van der Waals surface area (Å²) >= 11 is 0. The third-order valence-electron chi connectivity index (χ3n) is 3.03. The lowest BCUT2D eigenvalue weighted by atomic mass is 10.0. The first kappa shape index (κ1) is 20.1. The molecule has 5 nitrogen and oxygen atoms in total. The molecular weight excluding hydrogens is 379 g/mol. The Hall–Kier alpha value is -0.890. The molecule has 0 aliphatic rings. The lowest BCUT2D eigenvalue weighted by Crippen LogP contribution is -2.33. The number of halogens is 1. The zero-order valence-corrected chi connectivity index (χ0v) is 15.2. The summed E-state index contributed by atoms with van der Waals surface area (Å²) in [4.78, 5) is 8.54. The van der Waals surface area contributed by atoms with Crippen LogP contribution in [0.15, 0.2) is 29.4 Å². The van der Waals surface area contributed by atoms with E-state index in [1.807, 2.05) is 18.2 Å². The number of nitrogens with two attached hydrogens (primary N) is 1. The first-order valence-electron chi connectivity index (χ1n) is 7.16. The van der Waals surface area contributed by atoms with Crippen LogP contribution in [0.1, 0.15) is 26.0 Å². The lowest BCUT2D eigenvalue weighted by Gasteiger charge is -2.12. The summed E-state index contributed by atoms with van der Waals surface area (Å²) in [6.45, 7) is 5.76. The maximum Gasteiger partial charge on any atom is 0.188 e. The fourth-order valence-corrected chi connectivity index (χ4v) is 1.77. The molecule has 0 spiro atoms. The number of aliphatic hydroxyl groups is 1. The van der Waals surface area contributed by atoms with Crippen molar-refractivity contribution >= 4 is 29.9 Å². The van der Waals surface area contributed by atoms with Crippen LogP contribution in [0.4, 0.5) is 0 Å². The Morgan fingerprint density at radius 3 is 2.76 bits per heavy atom. The first-order chi connectivity index (χ1) is 9.61. The number of rotatable bonds is 8. The molecule has 1 unspecified atom stereocenters. The molecule has 0 radical (unpaired) electrons. The Morgan fingerprint density at radius 1 is 1.43 bits per heavy atom. The highest BCUT2D eigenvalue weighted by Gasteiger charge is 2.09. The van der Waals surface area contributed by atoms with Gasteiger partial charge in [0.2, 0.25) is 0 Å². The van der Waals surface area contributed by atoms with E-state index in [4.69, 9.17) is 5.73 Å². The van der Waals surface area contributed by atoms with Crippen LogP contribution in [-0.4, -0.2) is 35.7 Å². The molecular formula is C15H27IN4O. The minimum Gasteiger partial charge on any atom is -0.396 e. The molecule has 0 aliphatic heterocycles. The van der Waals surface area contributed by atoms with Gasteiger partial charge in [-0.3, -0.25) is 9.98 Å². The third kappa shape index (κ3) is 9.62. The van der Waals surface area contributed by atoms with Crippen molar-refractivity contribution in [3.8, 4) is 0 Å². The van der Waals surface area contributed by atoms with Gasteiger partial charge in [0.05, 0.1) is 0 Å². The fourth-order valence-electron chi connectivity index (χ4n) is 1.77. The van der Waals surface area contributed by atoms with E-state index in [2.05, 4.69) is 29.1 Å². The quantitative estimate of drug-likeness (QED) is 0.349. The van der Waals surface area contributed by atoms with Crippen LogP contribution in [0.5, 0.6) is 0 Å². The molecule has 0 fully saturated rings. The molecule has 120 valence electrons. The van der Waals surface area contributed by atoms with Crippen LogP contribution in [-0.2, 0) is 6.42 Å².